The zero-order chi connectivity index (χ0) is 17.0. The van der Waals surface area contributed by atoms with Gasteiger partial charge in [-0.3, -0.25) is 4.72 Å². The van der Waals surface area contributed by atoms with Crippen molar-refractivity contribution in [2.24, 2.45) is 0 Å². The Labute approximate surface area is 137 Å². The fourth-order valence-electron chi connectivity index (χ4n) is 2.16. The van der Waals surface area contributed by atoms with Crippen molar-refractivity contribution >= 4 is 15.7 Å². The quantitative estimate of drug-likeness (QED) is 0.875. The van der Waals surface area contributed by atoms with Crippen molar-refractivity contribution in [3.05, 3.63) is 48.0 Å². The normalized spacial score (nSPS) is 11.3. The third kappa shape index (κ3) is 3.96. The van der Waals surface area contributed by atoms with Gasteiger partial charge < -0.3 is 9.47 Å². The Morgan fingerprint density at radius 2 is 1.74 bits per heavy atom. The summed E-state index contributed by atoms with van der Waals surface area (Å²) in [6.45, 7) is 4.08. The average molecular weight is 335 g/mol. The Morgan fingerprint density at radius 3 is 2.35 bits per heavy atom. The molecule has 0 aromatic heterocycles. The molecule has 5 nitrogen and oxygen atoms in total. The van der Waals surface area contributed by atoms with Gasteiger partial charge in [-0.15, -0.1) is 0 Å². The van der Waals surface area contributed by atoms with E-state index in [-0.39, 0.29) is 10.8 Å². The van der Waals surface area contributed by atoms with Gasteiger partial charge in [0.05, 0.1) is 19.9 Å². The van der Waals surface area contributed by atoms with Crippen LogP contribution >= 0.6 is 0 Å². The summed E-state index contributed by atoms with van der Waals surface area (Å²) in [4.78, 5) is 0.104. The van der Waals surface area contributed by atoms with Crippen molar-refractivity contribution in [3.63, 3.8) is 0 Å². The van der Waals surface area contributed by atoms with Crippen LogP contribution in [0.2, 0.25) is 0 Å². The third-order valence-corrected chi connectivity index (χ3v) is 4.89. The van der Waals surface area contributed by atoms with Crippen LogP contribution in [0.4, 0.5) is 5.69 Å². The van der Waals surface area contributed by atoms with Gasteiger partial charge in [-0.25, -0.2) is 8.42 Å². The van der Waals surface area contributed by atoms with Gasteiger partial charge in [0.1, 0.15) is 16.4 Å². The molecule has 2 rings (SSSR count). The monoisotopic (exact) mass is 335 g/mol. The molecule has 2 aromatic rings. The molecule has 0 aliphatic carbocycles. The first kappa shape index (κ1) is 17.1. The van der Waals surface area contributed by atoms with Crippen molar-refractivity contribution in [1.29, 1.82) is 0 Å². The van der Waals surface area contributed by atoms with E-state index in [1.54, 1.807) is 42.5 Å². The summed E-state index contributed by atoms with van der Waals surface area (Å²) in [5.74, 6) is 1.19. The molecule has 0 radical (unpaired) electrons. The molecule has 1 N–H and O–H groups in total. The van der Waals surface area contributed by atoms with Crippen LogP contribution in [0.25, 0.3) is 0 Å². The van der Waals surface area contributed by atoms with Crippen LogP contribution in [-0.2, 0) is 10.0 Å². The van der Waals surface area contributed by atoms with Gasteiger partial charge in [0.25, 0.3) is 10.0 Å². The van der Waals surface area contributed by atoms with Crippen molar-refractivity contribution in [3.8, 4) is 11.5 Å². The lowest BCUT2D eigenvalue weighted by molar-refractivity contribution is 0.402. The van der Waals surface area contributed by atoms with Gasteiger partial charge in [-0.1, -0.05) is 26.0 Å². The Bertz CT molecular complexity index is 785. The molecular weight excluding hydrogens is 314 g/mol. The molecule has 0 spiro atoms. The lowest BCUT2D eigenvalue weighted by Crippen LogP contribution is -2.14. The first-order valence-electron chi connectivity index (χ1n) is 7.22. The second-order valence-electron chi connectivity index (χ2n) is 5.40. The number of ether oxygens (including phenoxy) is 2. The van der Waals surface area contributed by atoms with E-state index >= 15 is 0 Å². The summed E-state index contributed by atoms with van der Waals surface area (Å²) in [7, 11) is -0.763. The van der Waals surface area contributed by atoms with Crippen LogP contribution in [0.3, 0.4) is 0 Å². The first-order valence-corrected chi connectivity index (χ1v) is 8.70. The zero-order valence-corrected chi connectivity index (χ0v) is 14.5. The molecule has 0 unspecified atom stereocenters. The molecule has 6 heteroatoms. The summed E-state index contributed by atoms with van der Waals surface area (Å²) in [5, 5.41) is 0. The van der Waals surface area contributed by atoms with E-state index in [0.717, 1.165) is 5.56 Å². The standard InChI is InChI=1S/C17H21NO4S/c1-12(2)13-8-9-17(16(10-13)22-4)23(19,20)18-14-6-5-7-15(11-14)21-3/h5-12,18H,1-4H3. The molecule has 0 saturated heterocycles. The second-order valence-corrected chi connectivity index (χ2v) is 7.05. The molecule has 0 amide bonds. The van der Waals surface area contributed by atoms with E-state index in [1.807, 2.05) is 13.8 Å². The molecule has 0 atom stereocenters. The number of rotatable bonds is 6. The summed E-state index contributed by atoms with van der Waals surface area (Å²) >= 11 is 0. The van der Waals surface area contributed by atoms with Gasteiger partial charge >= 0.3 is 0 Å². The minimum Gasteiger partial charge on any atom is -0.497 e. The molecule has 0 heterocycles. The van der Waals surface area contributed by atoms with Crippen molar-refractivity contribution in [1.82, 2.24) is 0 Å². The van der Waals surface area contributed by atoms with Crippen LogP contribution in [-0.4, -0.2) is 22.6 Å². The Kier molecular flexibility index (Phi) is 5.15. The van der Waals surface area contributed by atoms with Gasteiger partial charge in [-0.2, -0.15) is 0 Å². The molecule has 0 saturated carbocycles. The molecule has 0 fully saturated rings. The molecule has 0 aliphatic rings. The molecule has 2 aromatic carbocycles. The minimum absolute atomic E-state index is 0.104. The SMILES string of the molecule is COc1cccc(NS(=O)(=O)c2ccc(C(C)C)cc2OC)c1. The lowest BCUT2D eigenvalue weighted by atomic mass is 10.0. The largest absolute Gasteiger partial charge is 0.497 e. The smallest absolute Gasteiger partial charge is 0.265 e. The van der Waals surface area contributed by atoms with E-state index in [0.29, 0.717) is 17.2 Å². The van der Waals surface area contributed by atoms with Crippen LogP contribution in [0.15, 0.2) is 47.4 Å². The van der Waals surface area contributed by atoms with Gasteiger partial charge in [0.15, 0.2) is 0 Å². The zero-order valence-electron chi connectivity index (χ0n) is 13.7. The second kappa shape index (κ2) is 6.91. The van der Waals surface area contributed by atoms with E-state index in [1.165, 1.54) is 14.2 Å². The maximum atomic E-state index is 12.6. The van der Waals surface area contributed by atoms with Crippen LogP contribution in [0.1, 0.15) is 25.3 Å². The third-order valence-electron chi connectivity index (χ3n) is 3.47. The van der Waals surface area contributed by atoms with Crippen molar-refractivity contribution in [2.45, 2.75) is 24.7 Å². The van der Waals surface area contributed by atoms with Gasteiger partial charge in [0, 0.05) is 6.07 Å². The van der Waals surface area contributed by atoms with Crippen LogP contribution in [0, 0.1) is 0 Å². The molecule has 0 bridgehead atoms. The molecular formula is C17H21NO4S. The summed E-state index contributed by atoms with van der Waals surface area (Å²) in [6.07, 6.45) is 0. The highest BCUT2D eigenvalue weighted by atomic mass is 32.2. The molecule has 124 valence electrons. The van der Waals surface area contributed by atoms with Crippen LogP contribution < -0.4 is 14.2 Å². The highest BCUT2D eigenvalue weighted by Gasteiger charge is 2.20. The Balaban J connectivity index is 2.39. The predicted molar refractivity (Wildman–Crippen MR) is 90.9 cm³/mol. The van der Waals surface area contributed by atoms with Gasteiger partial charge in [0.2, 0.25) is 0 Å². The Hall–Kier alpha value is -2.21. The van der Waals surface area contributed by atoms with Crippen LogP contribution in [0.5, 0.6) is 11.5 Å². The first-order chi connectivity index (χ1) is 10.9. The van der Waals surface area contributed by atoms with E-state index in [9.17, 15) is 8.42 Å². The van der Waals surface area contributed by atoms with E-state index in [4.69, 9.17) is 9.47 Å². The minimum atomic E-state index is -3.75. The number of nitrogens with one attached hydrogen (secondary N) is 1. The number of sulfonamides is 1. The average Bonchev–Trinajstić information content (AvgIpc) is 2.53. The number of anilines is 1. The van der Waals surface area contributed by atoms with E-state index < -0.39 is 10.0 Å². The maximum Gasteiger partial charge on any atom is 0.265 e. The number of benzene rings is 2. The van der Waals surface area contributed by atoms with Crippen molar-refractivity contribution < 1.29 is 17.9 Å². The lowest BCUT2D eigenvalue weighted by Gasteiger charge is -2.14. The van der Waals surface area contributed by atoms with E-state index in [2.05, 4.69) is 4.72 Å². The highest BCUT2D eigenvalue weighted by Crippen LogP contribution is 2.30. The number of hydrogen-bond acceptors (Lipinski definition) is 4. The topological polar surface area (TPSA) is 64.6 Å². The summed E-state index contributed by atoms with van der Waals surface area (Å²) < 4.78 is 38.2. The number of hydrogen-bond donors (Lipinski definition) is 1. The summed E-state index contributed by atoms with van der Waals surface area (Å²) in [5.41, 5.74) is 1.45. The molecule has 0 aliphatic heterocycles. The predicted octanol–water partition coefficient (Wildman–Crippen LogP) is 3.63. The van der Waals surface area contributed by atoms with Crippen molar-refractivity contribution in [2.75, 3.05) is 18.9 Å². The fraction of sp³-hybridized carbons (Fsp3) is 0.294. The Morgan fingerprint density at radius 1 is 1.00 bits per heavy atom. The summed E-state index contributed by atoms with van der Waals surface area (Å²) in [6, 6.07) is 11.9. The van der Waals surface area contributed by atoms with Gasteiger partial charge in [-0.05, 0) is 35.7 Å². The maximum absolute atomic E-state index is 12.6. The fourth-order valence-corrected chi connectivity index (χ4v) is 3.36. The number of methoxy groups -OCH3 is 2. The highest BCUT2D eigenvalue weighted by molar-refractivity contribution is 7.92. The molecule has 23 heavy (non-hydrogen) atoms.